The molecule has 3 aromatic carbocycles. The average Bonchev–Trinajstić information content (AvgIpc) is 2.91. The fraction of sp³-hybridized carbons (Fsp3) is 0.355. The topological polar surface area (TPSA) is 86.8 Å². The molecular formula is C31H38FN3O4S. The Morgan fingerprint density at radius 2 is 1.57 bits per heavy atom. The van der Waals surface area contributed by atoms with Gasteiger partial charge in [-0.05, 0) is 73.7 Å². The van der Waals surface area contributed by atoms with Gasteiger partial charge in [0.2, 0.25) is 21.8 Å². The number of carbonyl (C=O) groups is 2. The van der Waals surface area contributed by atoms with E-state index in [9.17, 15) is 22.4 Å². The summed E-state index contributed by atoms with van der Waals surface area (Å²) < 4.78 is 40.5. The van der Waals surface area contributed by atoms with Gasteiger partial charge in [-0.2, -0.15) is 0 Å². The summed E-state index contributed by atoms with van der Waals surface area (Å²) in [6, 6.07) is 19.2. The number of sulfonamides is 1. The summed E-state index contributed by atoms with van der Waals surface area (Å²) in [5, 5.41) is 2.98. The molecular weight excluding hydrogens is 529 g/mol. The number of carbonyl (C=O) groups excluding carboxylic acids is 2. The van der Waals surface area contributed by atoms with Crippen LogP contribution in [0.4, 0.5) is 10.1 Å². The molecule has 0 radical (unpaired) electrons. The van der Waals surface area contributed by atoms with Crippen LogP contribution in [0, 0.1) is 19.7 Å². The molecule has 214 valence electrons. The Bertz CT molecular complexity index is 1410. The van der Waals surface area contributed by atoms with E-state index in [1.54, 1.807) is 30.3 Å². The van der Waals surface area contributed by atoms with Crippen molar-refractivity contribution in [3.8, 4) is 0 Å². The quantitative estimate of drug-likeness (QED) is 0.342. The van der Waals surface area contributed by atoms with Crippen molar-refractivity contribution in [2.45, 2.75) is 59.2 Å². The van der Waals surface area contributed by atoms with Crippen molar-refractivity contribution in [3.63, 3.8) is 0 Å². The van der Waals surface area contributed by atoms with Crippen LogP contribution in [0.3, 0.4) is 0 Å². The van der Waals surface area contributed by atoms with Gasteiger partial charge in [0, 0.05) is 19.0 Å². The Kier molecular flexibility index (Phi) is 10.5. The molecule has 0 saturated carbocycles. The molecule has 3 aromatic rings. The fourth-order valence-corrected chi connectivity index (χ4v) is 5.12. The SMILES string of the molecule is CC[C@@H](C)NC(=O)[C@@H](Cc1ccccc1)N(Cc1ccc(F)cc1)C(=O)CN(c1ccc(C)c(C)c1)S(C)(=O)=O. The summed E-state index contributed by atoms with van der Waals surface area (Å²) >= 11 is 0. The molecule has 0 bridgehead atoms. The summed E-state index contributed by atoms with van der Waals surface area (Å²) in [6.07, 6.45) is 1.97. The number of anilines is 1. The highest BCUT2D eigenvalue weighted by Crippen LogP contribution is 2.23. The zero-order chi connectivity index (χ0) is 29.4. The van der Waals surface area contributed by atoms with Gasteiger partial charge in [0.15, 0.2) is 0 Å². The molecule has 0 aliphatic heterocycles. The average molecular weight is 568 g/mol. The molecule has 0 aliphatic carbocycles. The van der Waals surface area contributed by atoms with Crippen LogP contribution in [0.2, 0.25) is 0 Å². The molecule has 0 unspecified atom stereocenters. The van der Waals surface area contributed by atoms with Crippen LogP contribution in [0.25, 0.3) is 0 Å². The second kappa shape index (κ2) is 13.6. The van der Waals surface area contributed by atoms with Crippen molar-refractivity contribution < 1.29 is 22.4 Å². The highest BCUT2D eigenvalue weighted by Gasteiger charge is 2.33. The van der Waals surface area contributed by atoms with E-state index < -0.39 is 34.3 Å². The van der Waals surface area contributed by atoms with Crippen molar-refractivity contribution in [1.82, 2.24) is 10.2 Å². The summed E-state index contributed by atoms with van der Waals surface area (Å²) in [6.45, 7) is 7.13. The van der Waals surface area contributed by atoms with Crippen molar-refractivity contribution in [1.29, 1.82) is 0 Å². The van der Waals surface area contributed by atoms with Gasteiger partial charge in [0.05, 0.1) is 11.9 Å². The molecule has 1 N–H and O–H groups in total. The minimum atomic E-state index is -3.85. The van der Waals surface area contributed by atoms with Crippen LogP contribution in [0.5, 0.6) is 0 Å². The van der Waals surface area contributed by atoms with E-state index in [2.05, 4.69) is 5.32 Å². The summed E-state index contributed by atoms with van der Waals surface area (Å²) in [5.74, 6) is -1.31. The molecule has 9 heteroatoms. The predicted octanol–water partition coefficient (Wildman–Crippen LogP) is 4.76. The predicted molar refractivity (Wildman–Crippen MR) is 157 cm³/mol. The van der Waals surface area contributed by atoms with Crippen molar-refractivity contribution in [2.24, 2.45) is 0 Å². The number of hydrogen-bond donors (Lipinski definition) is 1. The molecule has 7 nitrogen and oxygen atoms in total. The Balaban J connectivity index is 2.06. The van der Waals surface area contributed by atoms with Crippen LogP contribution in [0.1, 0.15) is 42.5 Å². The van der Waals surface area contributed by atoms with Crippen LogP contribution < -0.4 is 9.62 Å². The maximum atomic E-state index is 14.1. The number of amides is 2. The number of nitrogens with one attached hydrogen (secondary N) is 1. The fourth-order valence-electron chi connectivity index (χ4n) is 4.28. The van der Waals surface area contributed by atoms with Crippen LogP contribution in [0.15, 0.2) is 72.8 Å². The lowest BCUT2D eigenvalue weighted by Crippen LogP contribution is -2.54. The maximum Gasteiger partial charge on any atom is 0.244 e. The van der Waals surface area contributed by atoms with Gasteiger partial charge < -0.3 is 10.2 Å². The highest BCUT2D eigenvalue weighted by molar-refractivity contribution is 7.92. The minimum Gasteiger partial charge on any atom is -0.352 e. The zero-order valence-electron chi connectivity index (χ0n) is 23.7. The molecule has 3 rings (SSSR count). The number of aryl methyl sites for hydroxylation is 2. The molecule has 2 amide bonds. The third kappa shape index (κ3) is 8.39. The second-order valence-electron chi connectivity index (χ2n) is 10.2. The number of benzene rings is 3. The number of halogens is 1. The lowest BCUT2D eigenvalue weighted by atomic mass is 10.0. The number of hydrogen-bond acceptors (Lipinski definition) is 4. The van der Waals surface area contributed by atoms with Gasteiger partial charge in [-0.3, -0.25) is 13.9 Å². The third-order valence-corrected chi connectivity index (χ3v) is 8.14. The third-order valence-electron chi connectivity index (χ3n) is 7.00. The molecule has 0 spiro atoms. The summed E-state index contributed by atoms with van der Waals surface area (Å²) in [7, 11) is -3.85. The molecule has 0 saturated heterocycles. The lowest BCUT2D eigenvalue weighted by Gasteiger charge is -2.34. The van der Waals surface area contributed by atoms with E-state index in [0.717, 1.165) is 27.3 Å². The van der Waals surface area contributed by atoms with E-state index in [-0.39, 0.29) is 24.9 Å². The van der Waals surface area contributed by atoms with E-state index in [1.807, 2.05) is 58.0 Å². The highest BCUT2D eigenvalue weighted by atomic mass is 32.2. The molecule has 0 fully saturated rings. The Labute approximate surface area is 237 Å². The van der Waals surface area contributed by atoms with E-state index >= 15 is 0 Å². The van der Waals surface area contributed by atoms with Gasteiger partial charge in [0.1, 0.15) is 18.4 Å². The largest absolute Gasteiger partial charge is 0.352 e. The molecule has 2 atom stereocenters. The number of rotatable bonds is 12. The lowest BCUT2D eigenvalue weighted by molar-refractivity contribution is -0.140. The zero-order valence-corrected chi connectivity index (χ0v) is 24.5. The normalized spacial score (nSPS) is 12.8. The first-order valence-electron chi connectivity index (χ1n) is 13.3. The van der Waals surface area contributed by atoms with Gasteiger partial charge in [-0.25, -0.2) is 12.8 Å². The van der Waals surface area contributed by atoms with Crippen molar-refractivity contribution in [2.75, 3.05) is 17.1 Å². The molecule has 0 aliphatic rings. The van der Waals surface area contributed by atoms with Crippen molar-refractivity contribution in [3.05, 3.63) is 101 Å². The first kappa shape index (κ1) is 30.8. The molecule has 0 heterocycles. The first-order chi connectivity index (χ1) is 18.9. The second-order valence-corrected chi connectivity index (χ2v) is 12.1. The maximum absolute atomic E-state index is 14.1. The summed E-state index contributed by atoms with van der Waals surface area (Å²) in [5.41, 5.74) is 3.70. The monoisotopic (exact) mass is 567 g/mol. The van der Waals surface area contributed by atoms with E-state index in [4.69, 9.17) is 0 Å². The standard InChI is InChI=1S/C31H38FN3O4S/c1-6-24(4)33-31(37)29(19-25-10-8-7-9-11-25)34(20-26-13-15-27(32)16-14-26)30(36)21-35(40(5,38)39)28-17-12-22(2)23(3)18-28/h7-18,24,29H,6,19-21H2,1-5H3,(H,33,37)/t24-,29-/m1/s1. The minimum absolute atomic E-state index is 0.00489. The number of nitrogens with zero attached hydrogens (tertiary/aromatic N) is 2. The van der Waals surface area contributed by atoms with E-state index in [1.165, 1.54) is 17.0 Å². The molecule has 40 heavy (non-hydrogen) atoms. The van der Waals surface area contributed by atoms with Gasteiger partial charge in [-0.1, -0.05) is 55.5 Å². The Morgan fingerprint density at radius 1 is 0.925 bits per heavy atom. The molecule has 0 aromatic heterocycles. The van der Waals surface area contributed by atoms with Crippen LogP contribution in [-0.2, 0) is 32.6 Å². The van der Waals surface area contributed by atoms with Crippen molar-refractivity contribution >= 4 is 27.5 Å². The van der Waals surface area contributed by atoms with Crippen LogP contribution in [-0.4, -0.2) is 50.0 Å². The smallest absolute Gasteiger partial charge is 0.244 e. The summed E-state index contributed by atoms with van der Waals surface area (Å²) in [4.78, 5) is 29.1. The van der Waals surface area contributed by atoms with Gasteiger partial charge in [-0.15, -0.1) is 0 Å². The first-order valence-corrected chi connectivity index (χ1v) is 15.2. The van der Waals surface area contributed by atoms with Gasteiger partial charge in [0.25, 0.3) is 0 Å². The van der Waals surface area contributed by atoms with Gasteiger partial charge >= 0.3 is 0 Å². The van der Waals surface area contributed by atoms with Crippen LogP contribution >= 0.6 is 0 Å². The van der Waals surface area contributed by atoms with E-state index in [0.29, 0.717) is 17.7 Å². The Hall–Kier alpha value is -3.72. The Morgan fingerprint density at radius 3 is 2.15 bits per heavy atom.